The molecule has 3 aromatic rings. The van der Waals surface area contributed by atoms with Crippen molar-refractivity contribution in [3.63, 3.8) is 0 Å². The number of nitro groups is 1. The molecule has 1 N–H and O–H groups in total. The van der Waals surface area contributed by atoms with Gasteiger partial charge in [-0.2, -0.15) is 0 Å². The van der Waals surface area contributed by atoms with Gasteiger partial charge in [-0.25, -0.2) is 9.97 Å². The van der Waals surface area contributed by atoms with Crippen LogP contribution in [-0.4, -0.2) is 19.3 Å². The zero-order valence-corrected chi connectivity index (χ0v) is 9.72. The fraction of sp³-hybridized carbons (Fsp3) is 0. The number of hydrogen-bond donors (Lipinski definition) is 1. The van der Waals surface area contributed by atoms with Gasteiger partial charge in [0.25, 0.3) is 5.69 Å². The van der Waals surface area contributed by atoms with Crippen LogP contribution in [0, 0.1) is 10.1 Å². The second-order valence-electron chi connectivity index (χ2n) is 3.89. The normalized spacial score (nSPS) is 10.5. The second-order valence-corrected chi connectivity index (χ2v) is 3.89. The second kappa shape index (κ2) is 4.37. The summed E-state index contributed by atoms with van der Waals surface area (Å²) in [7, 11) is 0. The van der Waals surface area contributed by atoms with Crippen LogP contribution in [0.25, 0.3) is 5.65 Å². The highest BCUT2D eigenvalue weighted by Gasteiger charge is 2.07. The van der Waals surface area contributed by atoms with Crippen LogP contribution >= 0.6 is 0 Å². The van der Waals surface area contributed by atoms with E-state index in [2.05, 4.69) is 15.3 Å². The molecular formula is C12H9N5O2. The van der Waals surface area contributed by atoms with Gasteiger partial charge in [0.15, 0.2) is 0 Å². The number of anilines is 2. The smallest absolute Gasteiger partial charge is 0.274 e. The maximum absolute atomic E-state index is 10.7. The van der Waals surface area contributed by atoms with Crippen LogP contribution < -0.4 is 5.32 Å². The van der Waals surface area contributed by atoms with Crippen LogP contribution in [0.15, 0.2) is 49.1 Å². The standard InChI is InChI=1S/C12H9N5O2/c18-17(19)10-1-3-13-11(8-10)15-9-2-5-16-6-4-14-12(16)7-9/h1-8H,(H,13,15). The highest BCUT2D eigenvalue weighted by molar-refractivity contribution is 5.62. The van der Waals surface area contributed by atoms with E-state index in [4.69, 9.17) is 0 Å². The number of rotatable bonds is 3. The van der Waals surface area contributed by atoms with E-state index >= 15 is 0 Å². The predicted molar refractivity (Wildman–Crippen MR) is 69.4 cm³/mol. The molecule has 7 heteroatoms. The molecule has 0 spiro atoms. The molecule has 3 rings (SSSR count). The van der Waals surface area contributed by atoms with Crippen LogP contribution in [0.3, 0.4) is 0 Å². The van der Waals surface area contributed by atoms with Crippen molar-refractivity contribution in [3.8, 4) is 0 Å². The van der Waals surface area contributed by atoms with E-state index < -0.39 is 4.92 Å². The van der Waals surface area contributed by atoms with Gasteiger partial charge in [0.1, 0.15) is 11.5 Å². The predicted octanol–water partition coefficient (Wildman–Crippen LogP) is 2.38. The number of aromatic nitrogens is 3. The van der Waals surface area contributed by atoms with Crippen molar-refractivity contribution in [2.24, 2.45) is 0 Å². The molecular weight excluding hydrogens is 246 g/mol. The molecule has 0 bridgehead atoms. The molecule has 0 atom stereocenters. The van der Waals surface area contributed by atoms with Crippen LogP contribution in [0.4, 0.5) is 17.2 Å². The van der Waals surface area contributed by atoms with E-state index in [0.717, 1.165) is 11.3 Å². The summed E-state index contributed by atoms with van der Waals surface area (Å²) in [5.41, 5.74) is 1.56. The molecule has 0 saturated carbocycles. The van der Waals surface area contributed by atoms with Gasteiger partial charge >= 0.3 is 0 Å². The largest absolute Gasteiger partial charge is 0.340 e. The number of nitrogens with one attached hydrogen (secondary N) is 1. The zero-order valence-electron chi connectivity index (χ0n) is 9.72. The third-order valence-electron chi connectivity index (χ3n) is 2.62. The molecule has 0 aliphatic rings. The van der Waals surface area contributed by atoms with Crippen molar-refractivity contribution in [2.45, 2.75) is 0 Å². The van der Waals surface area contributed by atoms with E-state index in [0.29, 0.717) is 5.82 Å². The van der Waals surface area contributed by atoms with Gasteiger partial charge in [0.05, 0.1) is 11.0 Å². The Hall–Kier alpha value is -2.96. The van der Waals surface area contributed by atoms with Gasteiger partial charge in [0, 0.05) is 42.6 Å². The minimum Gasteiger partial charge on any atom is -0.340 e. The lowest BCUT2D eigenvalue weighted by Gasteiger charge is -2.05. The van der Waals surface area contributed by atoms with E-state index in [1.54, 1.807) is 6.20 Å². The van der Waals surface area contributed by atoms with Crippen molar-refractivity contribution < 1.29 is 4.92 Å². The minimum atomic E-state index is -0.454. The summed E-state index contributed by atoms with van der Waals surface area (Å²) in [5, 5.41) is 13.7. The van der Waals surface area contributed by atoms with E-state index in [-0.39, 0.29) is 5.69 Å². The Morgan fingerprint density at radius 3 is 2.89 bits per heavy atom. The van der Waals surface area contributed by atoms with Gasteiger partial charge in [0.2, 0.25) is 0 Å². The van der Waals surface area contributed by atoms with Crippen molar-refractivity contribution in [1.82, 2.24) is 14.4 Å². The lowest BCUT2D eigenvalue weighted by molar-refractivity contribution is -0.384. The molecule has 19 heavy (non-hydrogen) atoms. The highest BCUT2D eigenvalue weighted by Crippen LogP contribution is 2.19. The first-order valence-corrected chi connectivity index (χ1v) is 5.52. The van der Waals surface area contributed by atoms with Crippen LogP contribution in [0.1, 0.15) is 0 Å². The van der Waals surface area contributed by atoms with Gasteiger partial charge in [-0.1, -0.05) is 0 Å². The summed E-state index contributed by atoms with van der Waals surface area (Å²) < 4.78 is 1.87. The summed E-state index contributed by atoms with van der Waals surface area (Å²) in [6.07, 6.45) is 6.78. The lowest BCUT2D eigenvalue weighted by atomic mass is 10.3. The first-order valence-electron chi connectivity index (χ1n) is 5.52. The number of hydrogen-bond acceptors (Lipinski definition) is 5. The molecule has 0 aromatic carbocycles. The Bertz CT molecular complexity index is 752. The Morgan fingerprint density at radius 2 is 2.05 bits per heavy atom. The summed E-state index contributed by atoms with van der Waals surface area (Å²) in [6, 6.07) is 6.41. The molecule has 0 unspecified atom stereocenters. The first-order chi connectivity index (χ1) is 9.22. The molecule has 0 saturated heterocycles. The van der Waals surface area contributed by atoms with Crippen LogP contribution in [-0.2, 0) is 0 Å². The fourth-order valence-electron chi connectivity index (χ4n) is 1.74. The summed E-state index contributed by atoms with van der Waals surface area (Å²) in [5.74, 6) is 0.421. The maximum atomic E-state index is 10.7. The highest BCUT2D eigenvalue weighted by atomic mass is 16.6. The monoisotopic (exact) mass is 255 g/mol. The molecule has 94 valence electrons. The Kier molecular flexibility index (Phi) is 2.57. The Labute approximate surface area is 107 Å². The fourth-order valence-corrected chi connectivity index (χ4v) is 1.74. The third-order valence-corrected chi connectivity index (χ3v) is 2.62. The summed E-state index contributed by atoms with van der Waals surface area (Å²) >= 11 is 0. The lowest BCUT2D eigenvalue weighted by Crippen LogP contribution is -1.96. The third kappa shape index (κ3) is 2.21. The van der Waals surface area contributed by atoms with Crippen LogP contribution in [0.5, 0.6) is 0 Å². The number of pyridine rings is 2. The minimum absolute atomic E-state index is 0.000566. The van der Waals surface area contributed by atoms with Gasteiger partial charge in [-0.3, -0.25) is 10.1 Å². The SMILES string of the molecule is O=[N+]([O-])c1ccnc(Nc2ccn3ccnc3c2)c1. The van der Waals surface area contributed by atoms with Crippen molar-refractivity contribution in [1.29, 1.82) is 0 Å². The molecule has 0 amide bonds. The first kappa shape index (κ1) is 11.1. The quantitative estimate of drug-likeness (QED) is 0.573. The van der Waals surface area contributed by atoms with Gasteiger partial charge in [-0.15, -0.1) is 0 Å². The van der Waals surface area contributed by atoms with E-state index in [1.807, 2.05) is 28.9 Å². The topological polar surface area (TPSA) is 85.4 Å². The molecule has 0 radical (unpaired) electrons. The molecule has 3 heterocycles. The Morgan fingerprint density at radius 1 is 1.16 bits per heavy atom. The summed E-state index contributed by atoms with van der Waals surface area (Å²) in [6.45, 7) is 0. The zero-order chi connectivity index (χ0) is 13.2. The van der Waals surface area contributed by atoms with E-state index in [9.17, 15) is 10.1 Å². The maximum Gasteiger partial charge on any atom is 0.274 e. The average Bonchev–Trinajstić information content (AvgIpc) is 2.86. The average molecular weight is 255 g/mol. The van der Waals surface area contributed by atoms with Crippen molar-refractivity contribution in [3.05, 3.63) is 59.2 Å². The molecule has 7 nitrogen and oxygen atoms in total. The molecule has 0 aliphatic carbocycles. The van der Waals surface area contributed by atoms with E-state index in [1.165, 1.54) is 18.3 Å². The Balaban J connectivity index is 1.91. The van der Waals surface area contributed by atoms with Crippen molar-refractivity contribution >= 4 is 22.8 Å². The number of imidazole rings is 1. The van der Waals surface area contributed by atoms with Crippen LogP contribution in [0.2, 0.25) is 0 Å². The van der Waals surface area contributed by atoms with Crippen molar-refractivity contribution in [2.75, 3.05) is 5.32 Å². The molecule has 0 aliphatic heterocycles. The number of fused-ring (bicyclic) bond motifs is 1. The van der Waals surface area contributed by atoms with Gasteiger partial charge < -0.3 is 9.72 Å². The summed E-state index contributed by atoms with van der Waals surface area (Å²) in [4.78, 5) is 18.4. The number of nitrogens with zero attached hydrogens (tertiary/aromatic N) is 4. The molecule has 0 fully saturated rings. The molecule has 3 aromatic heterocycles. The van der Waals surface area contributed by atoms with Gasteiger partial charge in [-0.05, 0) is 6.07 Å².